The molecule has 7 aromatic rings. The van der Waals surface area contributed by atoms with Crippen LogP contribution in [0.15, 0.2) is 119 Å². The Kier molecular flexibility index (Phi) is 14.9. The Balaban J connectivity index is 0.000000221. The van der Waals surface area contributed by atoms with Gasteiger partial charge in [0.25, 0.3) is 11.4 Å². The standard InChI is InChI=1S/C23H18ClN3O3S2.C15H13N3O2S2.BrH/c24-17-4-1-3-16(11-17)13-22(28)25-19(12-15-6-8-18(9-7-15)27(29)30)20-14-32-23(26-20)21-5-2-10-31-21;16-12(8-10-3-5-11(6-4-10)18(19)20)13-9-22-15(17-13)14-2-1-7-21-14;/h1-11,14,19H,12-13H2,(H,25,28);1-7,9,12H,8,16H2;1H/t19-;12-;/m00./s1. The van der Waals surface area contributed by atoms with Crippen LogP contribution in [0, 0.1) is 20.2 Å². The number of halogens is 2. The van der Waals surface area contributed by atoms with E-state index in [9.17, 15) is 25.0 Å². The van der Waals surface area contributed by atoms with Gasteiger partial charge in [0.15, 0.2) is 0 Å². The molecule has 0 saturated carbocycles. The van der Waals surface area contributed by atoms with Gasteiger partial charge in [0.1, 0.15) is 10.0 Å². The lowest BCUT2D eigenvalue weighted by Crippen LogP contribution is -2.31. The Morgan fingerprint density at radius 2 is 1.24 bits per heavy atom. The van der Waals surface area contributed by atoms with Gasteiger partial charge in [0, 0.05) is 40.0 Å². The molecule has 11 nitrogen and oxygen atoms in total. The molecule has 55 heavy (non-hydrogen) atoms. The van der Waals surface area contributed by atoms with Crippen molar-refractivity contribution < 1.29 is 14.6 Å². The summed E-state index contributed by atoms with van der Waals surface area (Å²) in [5, 5.41) is 35.1. The largest absolute Gasteiger partial charge is 0.347 e. The van der Waals surface area contributed by atoms with Crippen LogP contribution in [-0.2, 0) is 24.1 Å². The zero-order valence-corrected chi connectivity index (χ0v) is 34.4. The fourth-order valence-electron chi connectivity index (χ4n) is 5.34. The molecule has 0 aliphatic heterocycles. The molecular formula is C38H32BrClN6O5S4. The van der Waals surface area contributed by atoms with Crippen LogP contribution in [0.2, 0.25) is 5.02 Å². The molecule has 0 radical (unpaired) electrons. The number of nitrogens with one attached hydrogen (secondary N) is 1. The maximum atomic E-state index is 12.8. The summed E-state index contributed by atoms with van der Waals surface area (Å²) in [7, 11) is 0. The van der Waals surface area contributed by atoms with Gasteiger partial charge in [-0.3, -0.25) is 25.0 Å². The molecule has 282 valence electrons. The van der Waals surface area contributed by atoms with Gasteiger partial charge in [-0.15, -0.1) is 62.3 Å². The predicted molar refractivity (Wildman–Crippen MR) is 228 cm³/mol. The van der Waals surface area contributed by atoms with Gasteiger partial charge in [0.2, 0.25) is 5.91 Å². The first kappa shape index (κ1) is 41.5. The molecule has 17 heteroatoms. The molecule has 0 saturated heterocycles. The molecule has 0 aliphatic carbocycles. The first-order chi connectivity index (χ1) is 26.1. The second-order valence-corrected chi connectivity index (χ2v) is 15.9. The number of hydrogen-bond acceptors (Lipinski definition) is 12. The number of carbonyl (C=O) groups is 1. The SMILES string of the molecule is Br.N[C@@H](Cc1ccc([N+](=O)[O-])cc1)c1csc(-c2cccs2)n1.O=C(Cc1cccc(Cl)c1)N[C@@H](Cc1ccc([N+](=O)[O-])cc1)c1csc(-c2cccs2)n1. The second-order valence-electron chi connectivity index (χ2n) is 11.9. The average Bonchev–Trinajstić information content (AvgIpc) is 4.00. The first-order valence-electron chi connectivity index (χ1n) is 16.4. The van der Waals surface area contributed by atoms with E-state index in [0.717, 1.165) is 47.8 Å². The molecule has 3 aromatic carbocycles. The Labute approximate surface area is 347 Å². The lowest BCUT2D eigenvalue weighted by Gasteiger charge is -2.17. The number of nitro benzene ring substituents is 2. The monoisotopic (exact) mass is 894 g/mol. The summed E-state index contributed by atoms with van der Waals surface area (Å²) < 4.78 is 0. The number of aromatic nitrogens is 2. The van der Waals surface area contributed by atoms with E-state index in [1.165, 1.54) is 35.6 Å². The minimum Gasteiger partial charge on any atom is -0.347 e. The molecule has 4 aromatic heterocycles. The lowest BCUT2D eigenvalue weighted by molar-refractivity contribution is -0.385. The van der Waals surface area contributed by atoms with E-state index in [4.69, 9.17) is 22.3 Å². The first-order valence-corrected chi connectivity index (χ1v) is 20.3. The van der Waals surface area contributed by atoms with Gasteiger partial charge in [-0.2, -0.15) is 0 Å². The predicted octanol–water partition coefficient (Wildman–Crippen LogP) is 10.7. The van der Waals surface area contributed by atoms with Crippen LogP contribution in [0.5, 0.6) is 0 Å². The van der Waals surface area contributed by atoms with Gasteiger partial charge in [-0.05, 0) is 64.6 Å². The molecule has 2 atom stereocenters. The maximum Gasteiger partial charge on any atom is 0.269 e. The zero-order valence-electron chi connectivity index (χ0n) is 28.6. The van der Waals surface area contributed by atoms with Crippen molar-refractivity contribution in [3.05, 3.63) is 172 Å². The number of non-ortho nitro benzene ring substituents is 2. The third kappa shape index (κ3) is 11.7. The Bertz CT molecular complexity index is 2320. The normalized spacial score (nSPS) is 11.7. The summed E-state index contributed by atoms with van der Waals surface area (Å²) in [6.45, 7) is 0. The van der Waals surface area contributed by atoms with Gasteiger partial charge in [-0.25, -0.2) is 9.97 Å². The van der Waals surface area contributed by atoms with E-state index in [2.05, 4.69) is 10.3 Å². The molecule has 0 spiro atoms. The average molecular weight is 896 g/mol. The van der Waals surface area contributed by atoms with Crippen LogP contribution in [0.25, 0.3) is 19.8 Å². The van der Waals surface area contributed by atoms with Crippen molar-refractivity contribution in [1.82, 2.24) is 15.3 Å². The number of benzene rings is 3. The van der Waals surface area contributed by atoms with Crippen LogP contribution in [0.3, 0.4) is 0 Å². The van der Waals surface area contributed by atoms with Crippen molar-refractivity contribution in [3.8, 4) is 19.8 Å². The molecule has 0 unspecified atom stereocenters. The number of hydrogen-bond donors (Lipinski definition) is 2. The summed E-state index contributed by atoms with van der Waals surface area (Å²) in [6.07, 6.45) is 1.26. The highest BCUT2D eigenvalue weighted by molar-refractivity contribution is 8.93. The second kappa shape index (κ2) is 19.8. The number of nitro groups is 2. The number of nitrogens with zero attached hydrogens (tertiary/aromatic N) is 4. The minimum absolute atomic E-state index is 0. The van der Waals surface area contributed by atoms with Crippen LogP contribution in [-0.4, -0.2) is 25.7 Å². The van der Waals surface area contributed by atoms with Crippen molar-refractivity contribution in [1.29, 1.82) is 0 Å². The number of thiazole rings is 2. The topological polar surface area (TPSA) is 167 Å². The number of thiophene rings is 2. The third-order valence-electron chi connectivity index (χ3n) is 8.02. The number of rotatable bonds is 13. The van der Waals surface area contributed by atoms with E-state index in [1.54, 1.807) is 70.4 Å². The Morgan fingerprint density at radius 1 is 0.709 bits per heavy atom. The van der Waals surface area contributed by atoms with Gasteiger partial charge >= 0.3 is 0 Å². The van der Waals surface area contributed by atoms with Gasteiger partial charge in [-0.1, -0.05) is 60.1 Å². The van der Waals surface area contributed by atoms with E-state index in [0.29, 0.717) is 17.9 Å². The van der Waals surface area contributed by atoms with Gasteiger partial charge in [0.05, 0.1) is 49.5 Å². The smallest absolute Gasteiger partial charge is 0.269 e. The van der Waals surface area contributed by atoms with E-state index < -0.39 is 9.85 Å². The molecule has 3 N–H and O–H groups in total. The lowest BCUT2D eigenvalue weighted by atomic mass is 10.0. The van der Waals surface area contributed by atoms with Crippen molar-refractivity contribution >= 4 is 91.2 Å². The Morgan fingerprint density at radius 3 is 1.75 bits per heavy atom. The van der Waals surface area contributed by atoms with Crippen molar-refractivity contribution in [2.75, 3.05) is 0 Å². The highest BCUT2D eigenvalue weighted by Gasteiger charge is 2.20. The molecular weight excluding hydrogens is 864 g/mol. The molecule has 1 amide bonds. The van der Waals surface area contributed by atoms with E-state index >= 15 is 0 Å². The number of amides is 1. The van der Waals surface area contributed by atoms with Gasteiger partial charge < -0.3 is 11.1 Å². The Hall–Kier alpha value is -4.68. The fraction of sp³-hybridized carbons (Fsp3) is 0.132. The van der Waals surface area contributed by atoms with E-state index in [-0.39, 0.29) is 52.8 Å². The fourth-order valence-corrected chi connectivity index (χ4v) is 8.94. The highest BCUT2D eigenvalue weighted by atomic mass is 79.9. The van der Waals surface area contributed by atoms with Crippen molar-refractivity contribution in [2.24, 2.45) is 5.73 Å². The summed E-state index contributed by atoms with van der Waals surface area (Å²) in [5.41, 5.74) is 10.6. The molecule has 0 fully saturated rings. The van der Waals surface area contributed by atoms with Crippen LogP contribution in [0.4, 0.5) is 11.4 Å². The zero-order chi connectivity index (χ0) is 38.0. The summed E-state index contributed by atoms with van der Waals surface area (Å²) in [4.78, 5) is 45.1. The van der Waals surface area contributed by atoms with Crippen LogP contribution >= 0.6 is 73.9 Å². The summed E-state index contributed by atoms with van der Waals surface area (Å²) in [6, 6.07) is 27.5. The van der Waals surface area contributed by atoms with Crippen molar-refractivity contribution in [3.63, 3.8) is 0 Å². The molecule has 4 heterocycles. The molecule has 7 rings (SSSR count). The quantitative estimate of drug-likeness (QED) is 0.0852. The van der Waals surface area contributed by atoms with Crippen LogP contribution in [0.1, 0.15) is 40.2 Å². The highest BCUT2D eigenvalue weighted by Crippen LogP contribution is 2.32. The summed E-state index contributed by atoms with van der Waals surface area (Å²) in [5.74, 6) is -0.148. The summed E-state index contributed by atoms with van der Waals surface area (Å²) >= 11 is 12.4. The number of nitrogens with two attached hydrogens (primary N) is 1. The molecule has 0 aliphatic rings. The third-order valence-corrected chi connectivity index (χ3v) is 12.1. The minimum atomic E-state index is -0.429. The van der Waals surface area contributed by atoms with Crippen LogP contribution < -0.4 is 11.1 Å². The number of carbonyl (C=O) groups excluding carboxylic acids is 1. The molecule has 0 bridgehead atoms. The maximum absolute atomic E-state index is 12.8. The van der Waals surface area contributed by atoms with Crippen molar-refractivity contribution in [2.45, 2.75) is 31.3 Å². The van der Waals surface area contributed by atoms with E-state index in [1.807, 2.05) is 57.9 Å².